The zero-order chi connectivity index (χ0) is 41.0. The number of rotatable bonds is 18. The second kappa shape index (κ2) is 28.2. The van der Waals surface area contributed by atoms with E-state index in [1.165, 1.54) is 0 Å². The summed E-state index contributed by atoms with van der Waals surface area (Å²) in [5.74, 6) is -8.39. The molecule has 1 atom stereocenters. The molecular weight excluding hydrogens is 733 g/mol. The predicted octanol–water partition coefficient (Wildman–Crippen LogP) is 2.93. The number of carbonyl (C=O) groups is 5. The molecule has 0 fully saturated rings. The van der Waals surface area contributed by atoms with Crippen LogP contribution in [0.4, 0.5) is 39.5 Å². The number of carboxylic acids is 3. The fourth-order valence-electron chi connectivity index (χ4n) is 3.10. The number of phenolic OH excluding ortho intramolecular Hbond substituents is 1. The Morgan fingerprint density at radius 2 is 1.06 bits per heavy atom. The second-order valence-electron chi connectivity index (χ2n) is 10.1. The van der Waals surface area contributed by atoms with Gasteiger partial charge in [-0.1, -0.05) is 19.1 Å². The van der Waals surface area contributed by atoms with Gasteiger partial charge in [0.05, 0.1) is 0 Å². The molecule has 0 aliphatic heterocycles. The Morgan fingerprint density at radius 3 is 1.44 bits per heavy atom. The summed E-state index contributed by atoms with van der Waals surface area (Å²) in [5, 5.41) is 43.3. The number of hydrogen-bond acceptors (Lipinski definition) is 9. The Bertz CT molecular complexity index is 1110. The first-order valence-electron chi connectivity index (χ1n) is 15.3. The Labute approximate surface area is 292 Å². The minimum absolute atomic E-state index is 0.122. The summed E-state index contributed by atoms with van der Waals surface area (Å²) in [4.78, 5) is 51.3. The van der Waals surface area contributed by atoms with Crippen LogP contribution in [-0.2, 0) is 30.4 Å². The average molecular weight is 778 g/mol. The van der Waals surface area contributed by atoms with Gasteiger partial charge in [0.2, 0.25) is 11.8 Å². The largest absolute Gasteiger partial charge is 0.508 e. The third-order valence-electron chi connectivity index (χ3n) is 5.58. The van der Waals surface area contributed by atoms with E-state index in [-0.39, 0.29) is 17.6 Å². The van der Waals surface area contributed by atoms with Crippen molar-refractivity contribution in [3.8, 4) is 5.75 Å². The van der Waals surface area contributed by atoms with Crippen molar-refractivity contribution in [3.05, 3.63) is 29.8 Å². The highest BCUT2D eigenvalue weighted by Crippen LogP contribution is 2.15. The number of hydrogen-bond donors (Lipinski definition) is 9. The Morgan fingerprint density at radius 1 is 0.673 bits per heavy atom. The summed E-state index contributed by atoms with van der Waals surface area (Å²) >= 11 is 0. The molecule has 23 heteroatoms. The lowest BCUT2D eigenvalue weighted by Crippen LogP contribution is -2.48. The van der Waals surface area contributed by atoms with E-state index in [1.807, 2.05) is 6.92 Å². The van der Waals surface area contributed by atoms with E-state index in [4.69, 9.17) is 35.4 Å². The molecule has 0 saturated heterocycles. The molecule has 0 aliphatic rings. The van der Waals surface area contributed by atoms with Gasteiger partial charge in [-0.15, -0.1) is 0 Å². The van der Waals surface area contributed by atoms with E-state index in [0.29, 0.717) is 19.4 Å². The number of aromatic hydroxyl groups is 1. The molecule has 10 N–H and O–H groups in total. The molecule has 52 heavy (non-hydrogen) atoms. The lowest BCUT2D eigenvalue weighted by molar-refractivity contribution is -0.193. The zero-order valence-corrected chi connectivity index (χ0v) is 27.9. The lowest BCUT2D eigenvalue weighted by Gasteiger charge is -2.19. The Balaban J connectivity index is -0.000000919. The van der Waals surface area contributed by atoms with Crippen LogP contribution in [-0.4, -0.2) is 114 Å². The molecule has 14 nitrogen and oxygen atoms in total. The van der Waals surface area contributed by atoms with Crippen molar-refractivity contribution in [2.24, 2.45) is 5.73 Å². The maximum atomic E-state index is 12.6. The first-order valence-corrected chi connectivity index (χ1v) is 15.3. The van der Waals surface area contributed by atoms with E-state index in [0.717, 1.165) is 70.4 Å². The molecule has 1 unspecified atom stereocenters. The van der Waals surface area contributed by atoms with Crippen molar-refractivity contribution in [1.82, 2.24) is 21.3 Å². The number of halogens is 9. The Hall–Kier alpha value is -4.38. The van der Waals surface area contributed by atoms with Crippen LogP contribution in [0.3, 0.4) is 0 Å². The molecule has 0 heterocycles. The summed E-state index contributed by atoms with van der Waals surface area (Å²) in [7, 11) is 0. The topological polar surface area (TPSA) is 240 Å². The fourth-order valence-corrected chi connectivity index (χ4v) is 3.10. The third kappa shape index (κ3) is 32.8. The molecule has 1 rings (SSSR count). The number of nitrogens with two attached hydrogens (primary N) is 1. The minimum Gasteiger partial charge on any atom is -0.508 e. The average Bonchev–Trinajstić information content (AvgIpc) is 3.02. The van der Waals surface area contributed by atoms with Gasteiger partial charge in [-0.05, 0) is 82.5 Å². The quantitative estimate of drug-likeness (QED) is 0.0773. The van der Waals surface area contributed by atoms with E-state index in [9.17, 15) is 54.2 Å². The molecule has 1 aromatic rings. The number of unbranched alkanes of at least 4 members (excludes halogenated alkanes) is 1. The SMILES string of the molecule is CCCC(=O)NC(Cc1ccc(O)cc1)C(=O)NCCCCNCCCNCCCN.O=C(O)C(F)(F)F.O=C(O)C(F)(F)F.O=C(O)C(F)(F)F. The number of benzene rings is 1. The van der Waals surface area contributed by atoms with Crippen LogP contribution in [0.1, 0.15) is 51.0 Å². The highest BCUT2D eigenvalue weighted by atomic mass is 19.4. The standard InChI is InChI=1S/C23H41N5O3.3C2HF3O2/c1-2-7-22(30)28-21(18-19-8-10-20(29)11-9-19)23(31)27-17-4-3-13-25-15-6-16-26-14-5-12-24;3*3-2(4,5)1(6)7/h8-11,21,25-26,29H,2-7,12-18,24H2,1H3,(H,27,31)(H,28,30);3*(H,6,7). The smallest absolute Gasteiger partial charge is 0.490 e. The third-order valence-corrected chi connectivity index (χ3v) is 5.58. The number of phenols is 1. The maximum Gasteiger partial charge on any atom is 0.490 e. The number of alkyl halides is 9. The number of nitrogens with one attached hydrogen (secondary N) is 4. The predicted molar refractivity (Wildman–Crippen MR) is 166 cm³/mol. The number of amides is 2. The van der Waals surface area contributed by atoms with Gasteiger partial charge in [-0.2, -0.15) is 39.5 Å². The molecule has 0 spiro atoms. The summed E-state index contributed by atoms with van der Waals surface area (Å²) in [6.45, 7) is 7.10. The van der Waals surface area contributed by atoms with Crippen molar-refractivity contribution in [2.75, 3.05) is 39.3 Å². The van der Waals surface area contributed by atoms with E-state index in [2.05, 4.69) is 21.3 Å². The van der Waals surface area contributed by atoms with Gasteiger partial charge in [0.1, 0.15) is 11.8 Å². The van der Waals surface area contributed by atoms with Gasteiger partial charge in [-0.3, -0.25) is 9.59 Å². The van der Waals surface area contributed by atoms with Crippen LogP contribution >= 0.6 is 0 Å². The highest BCUT2D eigenvalue weighted by molar-refractivity contribution is 5.87. The van der Waals surface area contributed by atoms with Crippen molar-refractivity contribution >= 4 is 29.7 Å². The van der Waals surface area contributed by atoms with Gasteiger partial charge >= 0.3 is 36.4 Å². The Kier molecular flexibility index (Phi) is 28.2. The molecule has 0 aromatic heterocycles. The van der Waals surface area contributed by atoms with Crippen LogP contribution < -0.4 is 27.0 Å². The summed E-state index contributed by atoms with van der Waals surface area (Å²) in [5.41, 5.74) is 6.34. The van der Waals surface area contributed by atoms with Crippen LogP contribution in [0.2, 0.25) is 0 Å². The van der Waals surface area contributed by atoms with Gasteiger partial charge < -0.3 is 47.4 Å². The maximum absolute atomic E-state index is 12.6. The summed E-state index contributed by atoms with van der Waals surface area (Å²) in [6, 6.07) is 6.08. The van der Waals surface area contributed by atoms with Gasteiger partial charge in [-0.25, -0.2) is 14.4 Å². The van der Waals surface area contributed by atoms with E-state index < -0.39 is 42.5 Å². The highest BCUT2D eigenvalue weighted by Gasteiger charge is 2.39. The first kappa shape index (κ1) is 52.0. The molecule has 1 aromatic carbocycles. The molecule has 0 saturated carbocycles. The van der Waals surface area contributed by atoms with Crippen LogP contribution in [0.25, 0.3) is 0 Å². The van der Waals surface area contributed by atoms with Gasteiger partial charge in [0.15, 0.2) is 0 Å². The van der Waals surface area contributed by atoms with Gasteiger partial charge in [0.25, 0.3) is 0 Å². The van der Waals surface area contributed by atoms with Crippen molar-refractivity contribution in [3.63, 3.8) is 0 Å². The van der Waals surface area contributed by atoms with E-state index in [1.54, 1.807) is 24.3 Å². The van der Waals surface area contributed by atoms with Crippen molar-refractivity contribution < 1.29 is 83.9 Å². The number of carboxylic acid groups (broad SMARTS) is 3. The molecule has 0 radical (unpaired) electrons. The van der Waals surface area contributed by atoms with Crippen molar-refractivity contribution in [2.45, 2.75) is 76.4 Å². The van der Waals surface area contributed by atoms with Gasteiger partial charge in [0, 0.05) is 19.4 Å². The minimum atomic E-state index is -5.08. The normalized spacial score (nSPS) is 11.6. The molecule has 0 bridgehead atoms. The molecule has 302 valence electrons. The lowest BCUT2D eigenvalue weighted by atomic mass is 10.0. The van der Waals surface area contributed by atoms with Crippen molar-refractivity contribution in [1.29, 1.82) is 0 Å². The second-order valence-corrected chi connectivity index (χ2v) is 10.1. The van der Waals surface area contributed by atoms with Crippen LogP contribution in [0.15, 0.2) is 24.3 Å². The van der Waals surface area contributed by atoms with Crippen LogP contribution in [0.5, 0.6) is 5.75 Å². The summed E-state index contributed by atoms with van der Waals surface area (Å²) < 4.78 is 95.2. The first-order chi connectivity index (χ1) is 23.9. The van der Waals surface area contributed by atoms with Crippen LogP contribution in [0, 0.1) is 0 Å². The number of aliphatic carboxylic acids is 3. The fraction of sp³-hybridized carbons (Fsp3) is 0.621. The molecule has 2 amide bonds. The molecule has 0 aliphatic carbocycles. The van der Waals surface area contributed by atoms with E-state index >= 15 is 0 Å². The zero-order valence-electron chi connectivity index (χ0n) is 27.9. The summed E-state index contributed by atoms with van der Waals surface area (Å²) in [6.07, 6.45) is -9.78. The number of carbonyl (C=O) groups excluding carboxylic acids is 2. The monoisotopic (exact) mass is 777 g/mol. The molecular formula is C29H44F9N5O9.